The van der Waals surface area contributed by atoms with Crippen LogP contribution in [-0.2, 0) is 14.3 Å². The number of methoxy groups -OCH3 is 1. The smallest absolute Gasteiger partial charge is 0.303 e. The van der Waals surface area contributed by atoms with E-state index in [-0.39, 0.29) is 0 Å². The fraction of sp³-hybridized carbons (Fsp3) is 0.931. The third-order valence-corrected chi connectivity index (χ3v) is 7.08. The number of hydrogen-bond donors (Lipinski definition) is 1. The third kappa shape index (κ3) is 22.8. The molecule has 1 atom stereocenters. The number of carboxylic acids is 1. The number of carbonyl (C=O) groups excluding carboxylic acids is 1. The maximum absolute atomic E-state index is 10.4. The monoisotopic (exact) mass is 483 g/mol. The van der Waals surface area contributed by atoms with Gasteiger partial charge in [-0.05, 0) is 58.2 Å². The van der Waals surface area contributed by atoms with Crippen LogP contribution in [0.3, 0.4) is 0 Å². The van der Waals surface area contributed by atoms with Gasteiger partial charge in [-0.3, -0.25) is 4.79 Å². The number of hydrogen-bond acceptors (Lipinski definition) is 4. The molecule has 1 aliphatic heterocycles. The van der Waals surface area contributed by atoms with Gasteiger partial charge in [0, 0.05) is 26.1 Å². The van der Waals surface area contributed by atoms with Crippen LogP contribution in [0, 0.1) is 11.8 Å². The van der Waals surface area contributed by atoms with Crippen LogP contribution in [0.4, 0.5) is 0 Å². The van der Waals surface area contributed by atoms with Crippen LogP contribution in [0.1, 0.15) is 129 Å². The Morgan fingerprint density at radius 3 is 1.79 bits per heavy atom. The number of aliphatic carboxylic acids is 1. The van der Waals surface area contributed by atoms with E-state index in [1.54, 1.807) is 0 Å². The minimum absolute atomic E-state index is 0.328. The minimum atomic E-state index is -0.664. The lowest BCUT2D eigenvalue weighted by atomic mass is 9.94. The van der Waals surface area contributed by atoms with Crippen LogP contribution in [0.15, 0.2) is 0 Å². The number of aldehydes is 1. The number of carboxylic acid groups (broad SMARTS) is 1. The fourth-order valence-electron chi connectivity index (χ4n) is 4.69. The quantitative estimate of drug-likeness (QED) is 0.135. The van der Waals surface area contributed by atoms with Crippen LogP contribution < -0.4 is 0 Å². The standard InChI is InChI=1S/C22H44O3.C7H13NO/c1-3-4-5-6-7-8-11-14-17-21(20-25-2)18-15-12-9-10-13-16-19-22(23)24;1-8-4-2-7(6-9)3-5-8/h21H,3-20H2,1-2H3,(H,23,24);6-7H,2-5H2,1H3. The molecule has 1 aliphatic rings. The summed E-state index contributed by atoms with van der Waals surface area (Å²) in [6, 6.07) is 0. The lowest BCUT2D eigenvalue weighted by molar-refractivity contribution is -0.137. The number of rotatable bonds is 21. The van der Waals surface area contributed by atoms with Crippen molar-refractivity contribution in [1.82, 2.24) is 4.90 Å². The number of piperidine rings is 1. The van der Waals surface area contributed by atoms with E-state index in [0.717, 1.165) is 57.6 Å². The summed E-state index contributed by atoms with van der Waals surface area (Å²) >= 11 is 0. The van der Waals surface area contributed by atoms with Gasteiger partial charge >= 0.3 is 5.97 Å². The molecule has 5 nitrogen and oxygen atoms in total. The first kappa shape index (κ1) is 33.1. The predicted molar refractivity (Wildman–Crippen MR) is 143 cm³/mol. The van der Waals surface area contributed by atoms with Crippen molar-refractivity contribution in [2.24, 2.45) is 11.8 Å². The summed E-state index contributed by atoms with van der Waals surface area (Å²) in [7, 11) is 3.92. The van der Waals surface area contributed by atoms with Gasteiger partial charge in [0.25, 0.3) is 0 Å². The SMILES string of the molecule is CCCCCCCCCCC(CCCCCCCCC(=O)O)COC.CN1CCC(C=O)CC1. The Kier molecular flexibility index (Phi) is 24.5. The Bertz CT molecular complexity index is 449. The fourth-order valence-corrected chi connectivity index (χ4v) is 4.69. The maximum Gasteiger partial charge on any atom is 0.303 e. The van der Waals surface area contributed by atoms with E-state index < -0.39 is 5.97 Å². The first-order valence-corrected chi connectivity index (χ1v) is 14.4. The molecule has 0 aromatic carbocycles. The molecule has 0 radical (unpaired) electrons. The maximum atomic E-state index is 10.4. The van der Waals surface area contributed by atoms with Crippen molar-refractivity contribution in [2.75, 3.05) is 33.9 Å². The zero-order chi connectivity index (χ0) is 25.3. The average Bonchev–Trinajstić information content (AvgIpc) is 2.83. The molecule has 0 aromatic rings. The van der Waals surface area contributed by atoms with Gasteiger partial charge in [-0.2, -0.15) is 0 Å². The van der Waals surface area contributed by atoms with Crippen molar-refractivity contribution < 1.29 is 19.4 Å². The van der Waals surface area contributed by atoms with Crippen molar-refractivity contribution in [3.05, 3.63) is 0 Å². The van der Waals surface area contributed by atoms with Crippen molar-refractivity contribution in [3.63, 3.8) is 0 Å². The van der Waals surface area contributed by atoms with E-state index in [0.29, 0.717) is 12.3 Å². The molecule has 1 N–H and O–H groups in total. The number of nitrogens with zero attached hydrogens (tertiary/aromatic N) is 1. The van der Waals surface area contributed by atoms with Crippen LogP contribution in [-0.4, -0.2) is 56.1 Å². The second-order valence-corrected chi connectivity index (χ2v) is 10.4. The second-order valence-electron chi connectivity index (χ2n) is 10.4. The van der Waals surface area contributed by atoms with Gasteiger partial charge in [0.05, 0.1) is 0 Å². The van der Waals surface area contributed by atoms with Crippen molar-refractivity contribution >= 4 is 12.3 Å². The van der Waals surface area contributed by atoms with Crippen LogP contribution >= 0.6 is 0 Å². The second kappa shape index (κ2) is 25.2. The Morgan fingerprint density at radius 1 is 0.882 bits per heavy atom. The Balaban J connectivity index is 0.000000999. The van der Waals surface area contributed by atoms with E-state index in [1.165, 1.54) is 89.9 Å². The number of carbonyl (C=O) groups is 2. The van der Waals surface area contributed by atoms with Gasteiger partial charge in [-0.25, -0.2) is 0 Å². The van der Waals surface area contributed by atoms with Gasteiger partial charge < -0.3 is 19.5 Å². The van der Waals surface area contributed by atoms with E-state index >= 15 is 0 Å². The highest BCUT2D eigenvalue weighted by Crippen LogP contribution is 2.20. The molecule has 1 heterocycles. The summed E-state index contributed by atoms with van der Waals surface area (Å²) in [5, 5.41) is 8.61. The minimum Gasteiger partial charge on any atom is -0.481 e. The lowest BCUT2D eigenvalue weighted by Gasteiger charge is -2.25. The summed E-state index contributed by atoms with van der Waals surface area (Å²) < 4.78 is 5.40. The normalized spacial score (nSPS) is 15.5. The van der Waals surface area contributed by atoms with E-state index in [9.17, 15) is 9.59 Å². The summed E-state index contributed by atoms with van der Waals surface area (Å²) in [5.41, 5.74) is 0. The van der Waals surface area contributed by atoms with Gasteiger partial charge in [0.1, 0.15) is 6.29 Å². The molecule has 0 amide bonds. The molecule has 0 aromatic heterocycles. The Labute approximate surface area is 211 Å². The molecule has 0 saturated carbocycles. The molecule has 5 heteroatoms. The number of likely N-dealkylation sites (tertiary alicyclic amines) is 1. The van der Waals surface area contributed by atoms with E-state index in [2.05, 4.69) is 18.9 Å². The molecular formula is C29H57NO4. The Morgan fingerprint density at radius 2 is 1.35 bits per heavy atom. The molecule has 0 aliphatic carbocycles. The van der Waals surface area contributed by atoms with Crippen LogP contribution in [0.2, 0.25) is 0 Å². The largest absolute Gasteiger partial charge is 0.481 e. The van der Waals surface area contributed by atoms with Crippen molar-refractivity contribution in [2.45, 2.75) is 129 Å². The average molecular weight is 484 g/mol. The highest BCUT2D eigenvalue weighted by Gasteiger charge is 2.14. The first-order valence-electron chi connectivity index (χ1n) is 14.4. The molecule has 1 rings (SSSR count). The van der Waals surface area contributed by atoms with E-state index in [1.807, 2.05) is 7.11 Å². The molecule has 1 saturated heterocycles. The molecule has 202 valence electrons. The third-order valence-electron chi connectivity index (χ3n) is 7.08. The van der Waals surface area contributed by atoms with Gasteiger partial charge in [-0.15, -0.1) is 0 Å². The molecular weight excluding hydrogens is 426 g/mol. The summed E-state index contributed by atoms with van der Waals surface area (Å²) in [4.78, 5) is 23.0. The summed E-state index contributed by atoms with van der Waals surface area (Å²) in [5.74, 6) is 0.418. The topological polar surface area (TPSA) is 66.8 Å². The van der Waals surface area contributed by atoms with Gasteiger partial charge in [-0.1, -0.05) is 90.4 Å². The van der Waals surface area contributed by atoms with Crippen molar-refractivity contribution in [1.29, 1.82) is 0 Å². The van der Waals surface area contributed by atoms with Crippen LogP contribution in [0.5, 0.6) is 0 Å². The highest BCUT2D eigenvalue weighted by atomic mass is 16.5. The molecule has 1 fully saturated rings. The zero-order valence-electron chi connectivity index (χ0n) is 22.9. The van der Waals surface area contributed by atoms with Gasteiger partial charge in [0.15, 0.2) is 0 Å². The first-order chi connectivity index (χ1) is 16.5. The number of unbranched alkanes of at least 4 members (excludes halogenated alkanes) is 12. The van der Waals surface area contributed by atoms with Crippen LogP contribution in [0.25, 0.3) is 0 Å². The summed E-state index contributed by atoms with van der Waals surface area (Å²) in [6.07, 6.45) is 24.2. The molecule has 0 bridgehead atoms. The van der Waals surface area contributed by atoms with Gasteiger partial charge in [0.2, 0.25) is 0 Å². The lowest BCUT2D eigenvalue weighted by Crippen LogP contribution is -2.30. The molecule has 34 heavy (non-hydrogen) atoms. The summed E-state index contributed by atoms with van der Waals surface area (Å²) in [6.45, 7) is 5.36. The van der Waals surface area contributed by atoms with E-state index in [4.69, 9.17) is 9.84 Å². The zero-order valence-corrected chi connectivity index (χ0v) is 22.9. The highest BCUT2D eigenvalue weighted by molar-refractivity contribution is 5.66. The molecule has 1 unspecified atom stereocenters. The Hall–Kier alpha value is -0.940. The molecule has 0 spiro atoms. The van der Waals surface area contributed by atoms with Crippen molar-refractivity contribution in [3.8, 4) is 0 Å². The number of ether oxygens (including phenoxy) is 1. The predicted octanol–water partition coefficient (Wildman–Crippen LogP) is 7.51.